The van der Waals surface area contributed by atoms with E-state index >= 15 is 0 Å². The summed E-state index contributed by atoms with van der Waals surface area (Å²) in [5.41, 5.74) is 2.39. The molecule has 0 aliphatic rings. The van der Waals surface area contributed by atoms with Gasteiger partial charge in [0, 0.05) is 6.20 Å². The maximum atomic E-state index is 4.28. The lowest BCUT2D eigenvalue weighted by Gasteiger charge is -1.97. The van der Waals surface area contributed by atoms with Crippen LogP contribution < -0.4 is 5.59 Å². The molecule has 0 N–H and O–H groups in total. The number of rotatable bonds is 3. The van der Waals surface area contributed by atoms with E-state index in [0.717, 1.165) is 18.3 Å². The maximum absolute atomic E-state index is 4.28. The summed E-state index contributed by atoms with van der Waals surface area (Å²) in [5.74, 6) is 0. The summed E-state index contributed by atoms with van der Waals surface area (Å²) in [7, 11) is 2.12. The molecule has 1 radical (unpaired) electrons. The highest BCUT2D eigenvalue weighted by Crippen LogP contribution is 1.93. The molecule has 11 heavy (non-hydrogen) atoms. The van der Waals surface area contributed by atoms with Crippen LogP contribution in [0.25, 0.3) is 0 Å². The first kappa shape index (κ1) is 8.31. The predicted octanol–water partition coefficient (Wildman–Crippen LogP) is 1.41. The van der Waals surface area contributed by atoms with Crippen molar-refractivity contribution in [2.24, 2.45) is 0 Å². The third kappa shape index (κ3) is 2.37. The fourth-order valence-corrected chi connectivity index (χ4v) is 0.975. The Kier molecular flexibility index (Phi) is 3.15. The van der Waals surface area contributed by atoms with Crippen molar-refractivity contribution in [3.05, 3.63) is 23.9 Å². The van der Waals surface area contributed by atoms with Crippen molar-refractivity contribution in [2.45, 2.75) is 26.6 Å². The van der Waals surface area contributed by atoms with Gasteiger partial charge < -0.3 is 0 Å². The minimum Gasteiger partial charge on any atom is -0.272 e. The predicted molar refractivity (Wildman–Crippen MR) is 49.5 cm³/mol. The minimum absolute atomic E-state index is 1.05. The molecule has 0 spiro atoms. The Balaban J connectivity index is 2.66. The molecule has 0 unspecified atom stereocenters. The molecule has 0 aliphatic carbocycles. The summed E-state index contributed by atoms with van der Waals surface area (Å²) in [5, 5.41) is 0. The highest BCUT2D eigenvalue weighted by molar-refractivity contribution is 6.52. The number of pyridine rings is 1. The largest absolute Gasteiger partial charge is 0.272 e. The molecule has 1 rings (SSSR count). The Bertz CT molecular complexity index is 205. The zero-order chi connectivity index (χ0) is 8.10. The van der Waals surface area contributed by atoms with E-state index in [0.29, 0.717) is 0 Å². The van der Waals surface area contributed by atoms with Gasteiger partial charge >= 0.3 is 0 Å². The molecule has 0 fully saturated rings. The van der Waals surface area contributed by atoms with Gasteiger partial charge in [0.15, 0.2) is 7.28 Å². The van der Waals surface area contributed by atoms with Crippen LogP contribution in [0.4, 0.5) is 0 Å². The SMILES string of the molecule is CC[B]c1ccc(CC)cn1. The maximum Gasteiger partial charge on any atom is 0.177 e. The van der Waals surface area contributed by atoms with Crippen molar-refractivity contribution in [1.29, 1.82) is 0 Å². The van der Waals surface area contributed by atoms with E-state index in [4.69, 9.17) is 0 Å². The van der Waals surface area contributed by atoms with Crippen molar-refractivity contribution in [3.8, 4) is 0 Å². The molecule has 0 atom stereocenters. The molecule has 1 nitrogen and oxygen atoms in total. The Morgan fingerprint density at radius 2 is 2.18 bits per heavy atom. The van der Waals surface area contributed by atoms with Crippen molar-refractivity contribution >= 4 is 12.9 Å². The lowest BCUT2D eigenvalue weighted by molar-refractivity contribution is 1.11. The summed E-state index contributed by atoms with van der Waals surface area (Å²) >= 11 is 0. The number of nitrogens with zero attached hydrogens (tertiary/aromatic N) is 1. The molecule has 1 aromatic rings. The van der Waals surface area contributed by atoms with Crippen molar-refractivity contribution in [2.75, 3.05) is 0 Å². The standard InChI is InChI=1S/C9H13BN/c1-3-8-5-6-9(10-4-2)11-7-8/h5-7H,3-4H2,1-2H3. The third-order valence-electron chi connectivity index (χ3n) is 1.67. The second kappa shape index (κ2) is 4.17. The van der Waals surface area contributed by atoms with Crippen LogP contribution in [0.2, 0.25) is 6.32 Å². The second-order valence-electron chi connectivity index (χ2n) is 2.56. The summed E-state index contributed by atoms with van der Waals surface area (Å²) in [6, 6.07) is 4.21. The zero-order valence-electron chi connectivity index (χ0n) is 7.17. The van der Waals surface area contributed by atoms with Crippen LogP contribution in [0.1, 0.15) is 19.4 Å². The molecule has 57 valence electrons. The van der Waals surface area contributed by atoms with Gasteiger partial charge in [0.2, 0.25) is 0 Å². The quantitative estimate of drug-likeness (QED) is 0.587. The molecule has 0 aliphatic heterocycles. The van der Waals surface area contributed by atoms with Crippen molar-refractivity contribution in [3.63, 3.8) is 0 Å². The smallest absolute Gasteiger partial charge is 0.177 e. The topological polar surface area (TPSA) is 12.9 Å². The Morgan fingerprint density at radius 3 is 2.64 bits per heavy atom. The van der Waals surface area contributed by atoms with E-state index in [1.807, 2.05) is 6.20 Å². The first-order valence-corrected chi connectivity index (χ1v) is 4.15. The zero-order valence-corrected chi connectivity index (χ0v) is 7.17. The van der Waals surface area contributed by atoms with Gasteiger partial charge in [-0.25, -0.2) is 0 Å². The molecular weight excluding hydrogens is 133 g/mol. The minimum atomic E-state index is 1.05. The summed E-state index contributed by atoms with van der Waals surface area (Å²) in [6.45, 7) is 4.26. The van der Waals surface area contributed by atoms with E-state index < -0.39 is 0 Å². The molecule has 1 aromatic heterocycles. The number of hydrogen-bond donors (Lipinski definition) is 0. The van der Waals surface area contributed by atoms with Crippen molar-refractivity contribution in [1.82, 2.24) is 4.98 Å². The molecule has 2 heteroatoms. The van der Waals surface area contributed by atoms with Gasteiger partial charge in [0.25, 0.3) is 0 Å². The monoisotopic (exact) mass is 146 g/mol. The Morgan fingerprint density at radius 1 is 1.36 bits per heavy atom. The van der Waals surface area contributed by atoms with E-state index in [1.54, 1.807) is 0 Å². The van der Waals surface area contributed by atoms with E-state index in [2.05, 4.69) is 38.2 Å². The van der Waals surface area contributed by atoms with Crippen LogP contribution >= 0.6 is 0 Å². The highest BCUT2D eigenvalue weighted by Gasteiger charge is 1.93. The fraction of sp³-hybridized carbons (Fsp3) is 0.444. The Labute approximate surface area is 69.1 Å². The van der Waals surface area contributed by atoms with E-state index in [-0.39, 0.29) is 0 Å². The second-order valence-corrected chi connectivity index (χ2v) is 2.56. The van der Waals surface area contributed by atoms with Gasteiger partial charge in [-0.3, -0.25) is 4.98 Å². The van der Waals surface area contributed by atoms with E-state index in [9.17, 15) is 0 Å². The van der Waals surface area contributed by atoms with Gasteiger partial charge in [0.1, 0.15) is 0 Å². The van der Waals surface area contributed by atoms with Gasteiger partial charge in [0.05, 0.1) is 0 Å². The number of hydrogen-bond acceptors (Lipinski definition) is 1. The van der Waals surface area contributed by atoms with Gasteiger partial charge in [-0.2, -0.15) is 0 Å². The fourth-order valence-electron chi connectivity index (χ4n) is 0.975. The average molecular weight is 146 g/mol. The molecule has 0 aromatic carbocycles. The first-order valence-electron chi connectivity index (χ1n) is 4.15. The normalized spacial score (nSPS) is 9.64. The summed E-state index contributed by atoms with van der Waals surface area (Å²) in [6.07, 6.45) is 4.07. The van der Waals surface area contributed by atoms with E-state index in [1.165, 1.54) is 5.56 Å². The van der Waals surface area contributed by atoms with Crippen molar-refractivity contribution < 1.29 is 0 Å². The van der Waals surface area contributed by atoms with Gasteiger partial charge in [-0.1, -0.05) is 32.3 Å². The van der Waals surface area contributed by atoms with Gasteiger partial charge in [-0.05, 0) is 17.6 Å². The van der Waals surface area contributed by atoms with Crippen LogP contribution in [-0.4, -0.2) is 12.3 Å². The molecular formula is C9H13BN. The lowest BCUT2D eigenvalue weighted by Crippen LogP contribution is -2.16. The van der Waals surface area contributed by atoms with Gasteiger partial charge in [-0.15, -0.1) is 0 Å². The molecule has 0 bridgehead atoms. The summed E-state index contributed by atoms with van der Waals surface area (Å²) in [4.78, 5) is 4.28. The van der Waals surface area contributed by atoms with Crippen LogP contribution in [-0.2, 0) is 6.42 Å². The van der Waals surface area contributed by atoms with Crippen LogP contribution in [0.15, 0.2) is 18.3 Å². The van der Waals surface area contributed by atoms with Crippen LogP contribution in [0, 0.1) is 0 Å². The van der Waals surface area contributed by atoms with Crippen LogP contribution in [0.5, 0.6) is 0 Å². The molecule has 0 amide bonds. The molecule has 1 heterocycles. The number of aromatic nitrogens is 1. The average Bonchev–Trinajstić information content (AvgIpc) is 2.07. The Hall–Kier alpha value is -0.785. The highest BCUT2D eigenvalue weighted by atomic mass is 14.6. The number of aryl methyl sites for hydroxylation is 1. The van der Waals surface area contributed by atoms with Crippen LogP contribution in [0.3, 0.4) is 0 Å². The molecule has 0 saturated carbocycles. The first-order chi connectivity index (χ1) is 5.36. The molecule has 0 saturated heterocycles. The third-order valence-corrected chi connectivity index (χ3v) is 1.67. The lowest BCUT2D eigenvalue weighted by atomic mass is 9.71. The summed E-state index contributed by atoms with van der Waals surface area (Å²) < 4.78 is 0.